The third-order valence-electron chi connectivity index (χ3n) is 12.9. The van der Waals surface area contributed by atoms with Gasteiger partial charge >= 0.3 is 0 Å². The van der Waals surface area contributed by atoms with Crippen LogP contribution in [0.2, 0.25) is 0 Å². The van der Waals surface area contributed by atoms with Crippen molar-refractivity contribution in [2.75, 3.05) is 0 Å². The van der Waals surface area contributed by atoms with Gasteiger partial charge in [-0.2, -0.15) is 0 Å². The molecule has 70 heavy (non-hydrogen) atoms. The molecule has 353 valence electrons. The van der Waals surface area contributed by atoms with E-state index in [0.717, 1.165) is 66.6 Å². The van der Waals surface area contributed by atoms with Crippen LogP contribution in [-0.2, 0) is 30.9 Å². The minimum Gasteiger partial charge on any atom is -0.501 e. The van der Waals surface area contributed by atoms with E-state index in [9.17, 15) is 0 Å². The van der Waals surface area contributed by atoms with Crippen molar-refractivity contribution in [3.63, 3.8) is 0 Å². The summed E-state index contributed by atoms with van der Waals surface area (Å²) in [6.07, 6.45) is 3.25. The van der Waals surface area contributed by atoms with Crippen molar-refractivity contribution in [1.29, 1.82) is 0 Å². The molecule has 0 amide bonds. The van der Waals surface area contributed by atoms with E-state index < -0.39 is 6.85 Å². The fourth-order valence-corrected chi connectivity index (χ4v) is 9.24. The van der Waals surface area contributed by atoms with Crippen LogP contribution in [0.15, 0.2) is 144 Å². The van der Waals surface area contributed by atoms with Crippen LogP contribution in [0, 0.1) is 19.0 Å². The predicted molar refractivity (Wildman–Crippen MR) is 285 cm³/mol. The summed E-state index contributed by atoms with van der Waals surface area (Å²) in [6, 6.07) is 50.0. The Morgan fingerprint density at radius 3 is 2.06 bits per heavy atom. The van der Waals surface area contributed by atoms with Gasteiger partial charge in [0.05, 0.1) is 28.8 Å². The maximum Gasteiger partial charge on any atom is 0.128 e. The average molecular weight is 1100 g/mol. The van der Waals surface area contributed by atoms with Crippen molar-refractivity contribution in [2.24, 2.45) is 0 Å². The molecular weight excluding hydrogens is 1040 g/mol. The van der Waals surface area contributed by atoms with Crippen LogP contribution in [0.1, 0.15) is 113 Å². The first-order chi connectivity index (χ1) is 34.3. The van der Waals surface area contributed by atoms with Gasteiger partial charge in [0.1, 0.15) is 11.4 Å². The van der Waals surface area contributed by atoms with Crippen molar-refractivity contribution in [3.05, 3.63) is 180 Å². The molecule has 8 heteroatoms. The van der Waals surface area contributed by atoms with Crippen molar-refractivity contribution in [2.45, 2.75) is 98.8 Å². The van der Waals surface area contributed by atoms with Gasteiger partial charge in [0.15, 0.2) is 0 Å². The minimum atomic E-state index is -2.38. The van der Waals surface area contributed by atoms with Crippen LogP contribution in [0.25, 0.3) is 94.1 Å². The average Bonchev–Trinajstić information content (AvgIpc) is 3.93. The van der Waals surface area contributed by atoms with Gasteiger partial charge < -0.3 is 14.0 Å². The van der Waals surface area contributed by atoms with Crippen molar-refractivity contribution in [1.82, 2.24) is 29.5 Å². The quantitative estimate of drug-likeness (QED) is 0.122. The maximum atomic E-state index is 8.57. The molecule has 0 aliphatic heterocycles. The molecule has 0 N–H and O–H groups in total. The van der Waals surface area contributed by atoms with Crippen LogP contribution in [-0.4, -0.2) is 29.5 Å². The topological polar surface area (TPSA) is 82.5 Å². The first kappa shape index (κ1) is 44.4. The molecule has 0 unspecified atom stereocenters. The van der Waals surface area contributed by atoms with Gasteiger partial charge in [-0.05, 0) is 92.0 Å². The number of imidazole rings is 1. The third kappa shape index (κ3) is 8.96. The number of furan rings is 1. The van der Waals surface area contributed by atoms with E-state index in [1.54, 1.807) is 18.6 Å². The number of hydrogen-bond acceptors (Lipinski definition) is 6. The first-order valence-corrected chi connectivity index (χ1v) is 23.8. The van der Waals surface area contributed by atoms with Crippen LogP contribution in [0.4, 0.5) is 0 Å². The first-order valence-electron chi connectivity index (χ1n) is 25.3. The summed E-state index contributed by atoms with van der Waals surface area (Å²) >= 11 is 0. The van der Waals surface area contributed by atoms with Gasteiger partial charge in [-0.3, -0.25) is 15.0 Å². The smallest absolute Gasteiger partial charge is 0.128 e. The van der Waals surface area contributed by atoms with Crippen molar-refractivity contribution < 1.29 is 28.6 Å². The van der Waals surface area contributed by atoms with Crippen LogP contribution >= 0.6 is 0 Å². The van der Waals surface area contributed by atoms with Gasteiger partial charge in [-0.15, -0.1) is 17.7 Å². The van der Waals surface area contributed by atoms with Crippen LogP contribution in [0.3, 0.4) is 0 Å². The summed E-state index contributed by atoms with van der Waals surface area (Å²) in [5, 5.41) is 5.67. The van der Waals surface area contributed by atoms with Crippen LogP contribution in [0.5, 0.6) is 0 Å². The summed E-state index contributed by atoms with van der Waals surface area (Å²) in [6.45, 7) is 19.2. The minimum absolute atomic E-state index is 0. The zero-order valence-corrected chi connectivity index (χ0v) is 43.8. The Morgan fingerprint density at radius 1 is 0.643 bits per heavy atom. The molecule has 11 rings (SSSR count). The standard InChI is InChI=1S/C46H37N2O.C16H21N4.Ir/c1-27(2)36-24-33(30-13-7-6-8-14-30)25-37(28(3)4)44(36)48-41-18-12-11-17-40(41)47-46(48)35-22-19-29(5)43-39-23-32-21-20-31-15-9-10-16-34(31)38(32)26-42(39)49-45(35)43;1-15(2,3)13-9-12(18-10-19-13)11-7-8-17-14(20-11)16(4,5)6;/h6-21,23-28H,1-5H3;8-10H,1-6H3;/q2*-1;/i5D3;;. The molecule has 11 aromatic rings. The van der Waals surface area contributed by atoms with E-state index in [2.05, 4.69) is 185 Å². The number of hydrogen-bond donors (Lipinski definition) is 0. The van der Waals surface area contributed by atoms with E-state index in [1.807, 2.05) is 42.5 Å². The maximum absolute atomic E-state index is 8.57. The van der Waals surface area contributed by atoms with Gasteiger partial charge in [-0.25, -0.2) is 11.1 Å². The Bertz CT molecular complexity index is 3760. The summed E-state index contributed by atoms with van der Waals surface area (Å²) in [5.74, 6) is 1.84. The van der Waals surface area contributed by atoms with E-state index in [4.69, 9.17) is 13.5 Å². The molecule has 0 aliphatic carbocycles. The van der Waals surface area contributed by atoms with Gasteiger partial charge in [0.25, 0.3) is 0 Å². The zero-order valence-electron chi connectivity index (χ0n) is 44.4. The molecule has 0 atom stereocenters. The van der Waals surface area contributed by atoms with E-state index in [1.165, 1.54) is 22.3 Å². The summed E-state index contributed by atoms with van der Waals surface area (Å²) < 4.78 is 34.8. The van der Waals surface area contributed by atoms with E-state index in [-0.39, 0.29) is 48.3 Å². The molecule has 4 aromatic heterocycles. The number of rotatable bonds is 6. The van der Waals surface area contributed by atoms with E-state index in [0.29, 0.717) is 27.9 Å². The zero-order chi connectivity index (χ0) is 50.9. The second-order valence-electron chi connectivity index (χ2n) is 20.7. The Kier molecular flexibility index (Phi) is 11.9. The van der Waals surface area contributed by atoms with Gasteiger partial charge in [0.2, 0.25) is 0 Å². The normalized spacial score (nSPS) is 12.9. The predicted octanol–water partition coefficient (Wildman–Crippen LogP) is 16.2. The largest absolute Gasteiger partial charge is 0.501 e. The van der Waals surface area contributed by atoms with Crippen LogP contribution < -0.4 is 0 Å². The second kappa shape index (κ2) is 18.8. The molecule has 0 saturated carbocycles. The molecule has 0 bridgehead atoms. The molecule has 7 nitrogen and oxygen atoms in total. The summed E-state index contributed by atoms with van der Waals surface area (Å²) in [7, 11) is 0. The Labute approximate surface area is 429 Å². The van der Waals surface area contributed by atoms with Crippen molar-refractivity contribution >= 4 is 54.5 Å². The Morgan fingerprint density at radius 2 is 1.34 bits per heavy atom. The fraction of sp³-hybridized carbons (Fsp3) is 0.242. The number of para-hydroxylation sites is 2. The number of aromatic nitrogens is 6. The molecule has 0 fully saturated rings. The van der Waals surface area contributed by atoms with Crippen molar-refractivity contribution in [3.8, 4) is 39.6 Å². The molecule has 1 radical (unpaired) electrons. The molecular formula is C62H58IrN6O-2. The number of benzene rings is 7. The summed E-state index contributed by atoms with van der Waals surface area (Å²) in [5.41, 5.74) is 12.0. The molecule has 0 aliphatic rings. The monoisotopic (exact) mass is 1100 g/mol. The SMILES string of the molecule is CC(C)(C)c1cc(-c2[c-]cnc(C(C)(C)C)n2)ncn1.[2H]C([2H])([2H])c1c[c-]c(-c2nc3ccccc3n2-c2c(C(C)C)cc(-c3ccccc3)cc2C(C)C)c2oc3cc4c(ccc5ccccc54)cc3c12.[Ir]. The molecule has 7 aromatic carbocycles. The number of fused-ring (bicyclic) bond motifs is 7. The second-order valence-corrected chi connectivity index (χ2v) is 20.7. The third-order valence-corrected chi connectivity index (χ3v) is 12.9. The Balaban J connectivity index is 0.000000264. The fourth-order valence-electron chi connectivity index (χ4n) is 9.24. The van der Waals surface area contributed by atoms with E-state index >= 15 is 0 Å². The molecule has 0 saturated heterocycles. The summed E-state index contributed by atoms with van der Waals surface area (Å²) in [4.78, 5) is 22.8. The molecule has 4 heterocycles. The molecule has 0 spiro atoms. The van der Waals surface area contributed by atoms with Gasteiger partial charge in [-0.1, -0.05) is 190 Å². The van der Waals surface area contributed by atoms with Gasteiger partial charge in [0, 0.05) is 51.8 Å². The Hall–Kier alpha value is -6.86. The number of aryl methyl sites for hydroxylation is 1. The number of nitrogens with zero attached hydrogens (tertiary/aromatic N) is 6.